The Kier molecular flexibility index (Phi) is 5.84. The molecule has 0 spiro atoms. The van der Waals surface area contributed by atoms with Gasteiger partial charge in [0.2, 0.25) is 0 Å². The standard InChI is InChI=1S/C18H16F3IO5S/c1-2-3-5-11-8-9-13-15(23)10-22(27-28(25,26)18(19,20)21)17(24)14-7-4-6-12(11)16(13)14/h4,6-9H,2-3,5,10H2,1H3. The van der Waals surface area contributed by atoms with Crippen LogP contribution in [0.15, 0.2) is 30.3 Å². The van der Waals surface area contributed by atoms with Crippen molar-refractivity contribution in [2.24, 2.45) is 0 Å². The molecule has 0 atom stereocenters. The monoisotopic (exact) mass is 528 g/mol. The third-order valence-corrected chi connectivity index (χ3v) is 11.0. The van der Waals surface area contributed by atoms with Gasteiger partial charge in [0.15, 0.2) is 0 Å². The molecule has 1 aliphatic rings. The van der Waals surface area contributed by atoms with Crippen LogP contribution < -0.4 is 0 Å². The van der Waals surface area contributed by atoms with Crippen LogP contribution in [-0.2, 0) is 19.1 Å². The number of hydrogen-bond acceptors (Lipinski definition) is 5. The van der Waals surface area contributed by atoms with Gasteiger partial charge in [0.25, 0.3) is 0 Å². The van der Waals surface area contributed by atoms with E-state index >= 15 is 0 Å². The number of carbonyl (C=O) groups is 2. The first-order chi connectivity index (χ1) is 13.1. The van der Waals surface area contributed by atoms with Crippen molar-refractivity contribution >= 4 is 50.7 Å². The van der Waals surface area contributed by atoms with Gasteiger partial charge in [0.1, 0.15) is 0 Å². The molecule has 0 aromatic heterocycles. The molecular formula is C18H16F3IO5S. The van der Waals surface area contributed by atoms with E-state index in [0.717, 1.165) is 24.8 Å². The second-order valence-electron chi connectivity index (χ2n) is 6.22. The van der Waals surface area contributed by atoms with Crippen molar-refractivity contribution in [3.05, 3.63) is 47.0 Å². The van der Waals surface area contributed by atoms with E-state index in [9.17, 15) is 31.2 Å². The van der Waals surface area contributed by atoms with E-state index in [4.69, 9.17) is 0 Å². The summed E-state index contributed by atoms with van der Waals surface area (Å²) in [5.41, 5.74) is -4.45. The first-order valence-corrected chi connectivity index (χ1v) is 13.3. The fraction of sp³-hybridized carbons (Fsp3) is 0.333. The average Bonchev–Trinajstić information content (AvgIpc) is 2.71. The van der Waals surface area contributed by atoms with Crippen molar-refractivity contribution in [3.63, 3.8) is 0 Å². The number of alkyl halides is 4. The molecule has 0 unspecified atom stereocenters. The van der Waals surface area contributed by atoms with Crippen molar-refractivity contribution in [2.45, 2.75) is 31.7 Å². The van der Waals surface area contributed by atoms with Crippen molar-refractivity contribution < 1.29 is 33.7 Å². The Labute approximate surface area is 167 Å². The van der Waals surface area contributed by atoms with Gasteiger partial charge >= 0.3 is 168 Å². The van der Waals surface area contributed by atoms with Gasteiger partial charge in [-0.05, 0) is 0 Å². The molecule has 1 aliphatic heterocycles. The number of carbonyl (C=O) groups excluding carboxylic acids is 2. The molecule has 0 amide bonds. The van der Waals surface area contributed by atoms with E-state index in [1.807, 2.05) is 6.92 Å². The van der Waals surface area contributed by atoms with Crippen LogP contribution in [0.25, 0.3) is 10.8 Å². The molecule has 2 aromatic rings. The van der Waals surface area contributed by atoms with Crippen LogP contribution in [0.4, 0.5) is 13.2 Å². The normalized spacial score (nSPS) is 16.5. The summed E-state index contributed by atoms with van der Waals surface area (Å²) >= 11 is -3.95. The number of halogens is 4. The van der Waals surface area contributed by atoms with Crippen molar-refractivity contribution in [3.8, 4) is 0 Å². The molecule has 0 bridgehead atoms. The Morgan fingerprint density at radius 3 is 2.46 bits per heavy atom. The summed E-state index contributed by atoms with van der Waals surface area (Å²) in [6.45, 7) is 2.03. The van der Waals surface area contributed by atoms with Crippen LogP contribution in [0.2, 0.25) is 0 Å². The summed E-state index contributed by atoms with van der Waals surface area (Å²) in [6, 6.07) is 8.08. The third kappa shape index (κ3) is 3.81. The number of hydrogen-bond donors (Lipinski definition) is 0. The minimum atomic E-state index is -5.95. The van der Waals surface area contributed by atoms with Crippen LogP contribution in [0.5, 0.6) is 0 Å². The van der Waals surface area contributed by atoms with E-state index in [1.165, 1.54) is 6.07 Å². The zero-order valence-corrected chi connectivity index (χ0v) is 17.7. The van der Waals surface area contributed by atoms with Gasteiger partial charge in [0.05, 0.1) is 0 Å². The Hall–Kier alpha value is -1.53. The van der Waals surface area contributed by atoms with E-state index in [2.05, 4.69) is 2.51 Å². The fourth-order valence-corrected chi connectivity index (χ4v) is 9.05. The van der Waals surface area contributed by atoms with E-state index in [1.54, 1.807) is 24.3 Å². The van der Waals surface area contributed by atoms with Gasteiger partial charge in [-0.3, -0.25) is 0 Å². The number of benzene rings is 2. The van der Waals surface area contributed by atoms with Crippen molar-refractivity contribution in [1.29, 1.82) is 0 Å². The third-order valence-electron chi connectivity index (χ3n) is 4.32. The van der Waals surface area contributed by atoms with Gasteiger partial charge in [-0.15, -0.1) is 0 Å². The number of unbranched alkanes of at least 4 members (excludes halogenated alkanes) is 1. The first kappa shape index (κ1) is 21.2. The Bertz CT molecular complexity index is 1060. The fourth-order valence-electron chi connectivity index (χ4n) is 2.99. The molecule has 28 heavy (non-hydrogen) atoms. The molecular weight excluding hydrogens is 512 g/mol. The Balaban J connectivity index is 2.13. The van der Waals surface area contributed by atoms with Gasteiger partial charge in [-0.2, -0.15) is 0 Å². The molecule has 0 N–H and O–H groups in total. The van der Waals surface area contributed by atoms with E-state index in [0.29, 0.717) is 10.8 Å². The summed E-state index contributed by atoms with van der Waals surface area (Å²) in [5, 5.41) is 1.06. The number of rotatable bonds is 5. The van der Waals surface area contributed by atoms with Gasteiger partial charge in [0, 0.05) is 0 Å². The number of ketones is 1. The molecule has 0 saturated carbocycles. The molecule has 0 saturated heterocycles. The van der Waals surface area contributed by atoms with Crippen molar-refractivity contribution in [1.82, 2.24) is 0 Å². The van der Waals surface area contributed by atoms with Crippen LogP contribution in [0, 0.1) is 0 Å². The summed E-state index contributed by atoms with van der Waals surface area (Å²) in [6.07, 6.45) is 2.56. The van der Waals surface area contributed by atoms with E-state index in [-0.39, 0.29) is 11.1 Å². The molecule has 5 nitrogen and oxygen atoms in total. The maximum atomic E-state index is 12.9. The molecule has 0 fully saturated rings. The van der Waals surface area contributed by atoms with E-state index < -0.39 is 49.9 Å². The Morgan fingerprint density at radius 1 is 1.11 bits per heavy atom. The summed E-state index contributed by atoms with van der Waals surface area (Å²) in [4.78, 5) is 25.5. The number of Topliss-reactive ketones (excluding diaryl/α,β-unsaturated/α-hetero) is 1. The van der Waals surface area contributed by atoms with Crippen LogP contribution in [0.3, 0.4) is 0 Å². The topological polar surface area (TPSA) is 77.5 Å². The summed E-state index contributed by atoms with van der Waals surface area (Å²) in [5.74, 6) is -0.576. The van der Waals surface area contributed by atoms with Crippen LogP contribution >= 0.6 is 20.2 Å². The summed E-state index contributed by atoms with van der Waals surface area (Å²) < 4.78 is 63.7. The zero-order chi connectivity index (χ0) is 20.7. The van der Waals surface area contributed by atoms with Gasteiger partial charge in [-0.1, -0.05) is 0 Å². The maximum absolute atomic E-state index is 12.9. The first-order valence-electron chi connectivity index (χ1n) is 8.36. The predicted octanol–water partition coefficient (Wildman–Crippen LogP) is 4.81. The molecule has 3 rings (SSSR count). The quantitative estimate of drug-likeness (QED) is 0.241. The SMILES string of the molecule is CCCCc1ccc2c3c(cccc13)C(=O)I(OS(=O)(=O)C(F)(F)F)CC2=O. The zero-order valence-electron chi connectivity index (χ0n) is 14.7. The second kappa shape index (κ2) is 7.71. The predicted molar refractivity (Wildman–Crippen MR) is 106 cm³/mol. The number of aryl methyl sites for hydroxylation is 1. The summed E-state index contributed by atoms with van der Waals surface area (Å²) in [7, 11) is -5.95. The molecule has 1 heterocycles. The van der Waals surface area contributed by atoms with Gasteiger partial charge < -0.3 is 0 Å². The van der Waals surface area contributed by atoms with Crippen molar-refractivity contribution in [2.75, 3.05) is 4.43 Å². The second-order valence-corrected chi connectivity index (χ2v) is 12.4. The average molecular weight is 528 g/mol. The Morgan fingerprint density at radius 2 is 1.82 bits per heavy atom. The molecule has 2 aromatic carbocycles. The van der Waals surface area contributed by atoms with Gasteiger partial charge in [-0.25, -0.2) is 0 Å². The molecule has 0 radical (unpaired) electrons. The molecule has 0 aliphatic carbocycles. The molecule has 152 valence electrons. The molecule has 10 heteroatoms. The van der Waals surface area contributed by atoms with Crippen LogP contribution in [0.1, 0.15) is 46.0 Å². The minimum absolute atomic E-state index is 0.0549. The van der Waals surface area contributed by atoms with Crippen LogP contribution in [-0.4, -0.2) is 27.9 Å².